The highest BCUT2D eigenvalue weighted by Gasteiger charge is 2.31. The zero-order valence-electron chi connectivity index (χ0n) is 15.3. The molecule has 0 N–H and O–H groups in total. The highest BCUT2D eigenvalue weighted by molar-refractivity contribution is 5.78. The van der Waals surface area contributed by atoms with Crippen LogP contribution in [0.25, 0.3) is 0 Å². The van der Waals surface area contributed by atoms with Crippen molar-refractivity contribution in [1.82, 2.24) is 19.6 Å². The van der Waals surface area contributed by atoms with E-state index in [2.05, 4.69) is 16.2 Å². The van der Waals surface area contributed by atoms with Crippen LogP contribution in [0.3, 0.4) is 0 Å². The number of amides is 1. The van der Waals surface area contributed by atoms with Gasteiger partial charge in [0.05, 0.1) is 31.9 Å². The molecule has 3 rings (SSSR count). The number of likely N-dealkylation sites (N-methyl/N-ethyl adjacent to an activating group) is 1. The normalized spacial score (nSPS) is 16.3. The largest absolute Gasteiger partial charge is 0.496 e. The number of aryl methyl sites for hydroxylation is 1. The molecule has 1 aliphatic heterocycles. The molecule has 0 saturated carbocycles. The third kappa shape index (κ3) is 3.69. The molecule has 1 saturated heterocycles. The Bertz CT molecular complexity index is 737. The zero-order valence-corrected chi connectivity index (χ0v) is 15.3. The first-order valence-corrected chi connectivity index (χ1v) is 8.61. The van der Waals surface area contributed by atoms with E-state index >= 15 is 0 Å². The number of methoxy groups -OCH3 is 1. The third-order valence-electron chi connectivity index (χ3n) is 4.96. The van der Waals surface area contributed by atoms with Crippen molar-refractivity contribution in [3.63, 3.8) is 0 Å². The van der Waals surface area contributed by atoms with Crippen molar-refractivity contribution in [2.45, 2.75) is 25.9 Å². The molecule has 1 aromatic carbocycles. The molecule has 0 spiro atoms. The predicted octanol–water partition coefficient (Wildman–Crippen LogP) is 2.28. The molecule has 2 heterocycles. The van der Waals surface area contributed by atoms with Gasteiger partial charge in [0, 0.05) is 31.9 Å². The smallest absolute Gasteiger partial charge is 0.236 e. The van der Waals surface area contributed by atoms with Gasteiger partial charge in [-0.3, -0.25) is 14.4 Å². The fraction of sp³-hybridized carbons (Fsp3) is 0.474. The van der Waals surface area contributed by atoms with E-state index in [1.54, 1.807) is 12.0 Å². The van der Waals surface area contributed by atoms with Gasteiger partial charge in [0.2, 0.25) is 5.91 Å². The predicted molar refractivity (Wildman–Crippen MR) is 96.6 cm³/mol. The Morgan fingerprint density at radius 3 is 2.76 bits per heavy atom. The van der Waals surface area contributed by atoms with Crippen LogP contribution in [0.5, 0.6) is 5.75 Å². The van der Waals surface area contributed by atoms with E-state index in [0.717, 1.165) is 24.4 Å². The third-order valence-corrected chi connectivity index (χ3v) is 4.96. The van der Waals surface area contributed by atoms with Crippen molar-refractivity contribution >= 4 is 5.91 Å². The van der Waals surface area contributed by atoms with Crippen LogP contribution in [-0.4, -0.2) is 59.3 Å². The van der Waals surface area contributed by atoms with E-state index in [0.29, 0.717) is 12.6 Å². The van der Waals surface area contributed by atoms with E-state index in [9.17, 15) is 4.79 Å². The lowest BCUT2D eigenvalue weighted by molar-refractivity contribution is -0.134. The summed E-state index contributed by atoms with van der Waals surface area (Å²) in [6.07, 6.45) is 3.93. The number of ether oxygens (including phenoxy) is 1. The summed E-state index contributed by atoms with van der Waals surface area (Å²) in [6.45, 7) is 6.24. The summed E-state index contributed by atoms with van der Waals surface area (Å²) >= 11 is 0. The van der Waals surface area contributed by atoms with Gasteiger partial charge in [-0.25, -0.2) is 0 Å². The van der Waals surface area contributed by atoms with Gasteiger partial charge in [0.1, 0.15) is 5.75 Å². The fourth-order valence-corrected chi connectivity index (χ4v) is 3.21. The van der Waals surface area contributed by atoms with Crippen molar-refractivity contribution in [2.24, 2.45) is 0 Å². The number of hydrogen-bond donors (Lipinski definition) is 0. The highest BCUT2D eigenvalue weighted by atomic mass is 16.5. The molecule has 134 valence electrons. The van der Waals surface area contributed by atoms with Crippen molar-refractivity contribution < 1.29 is 9.53 Å². The van der Waals surface area contributed by atoms with Gasteiger partial charge in [0.25, 0.3) is 0 Å². The number of carbonyl (C=O) groups is 1. The summed E-state index contributed by atoms with van der Waals surface area (Å²) in [5.41, 5.74) is 2.19. The van der Waals surface area contributed by atoms with Crippen LogP contribution in [0.2, 0.25) is 0 Å². The number of rotatable bonds is 6. The van der Waals surface area contributed by atoms with E-state index in [-0.39, 0.29) is 11.9 Å². The lowest BCUT2D eigenvalue weighted by atomic mass is 10.1. The Kier molecular flexibility index (Phi) is 5.08. The Morgan fingerprint density at radius 1 is 1.40 bits per heavy atom. The lowest BCUT2D eigenvalue weighted by Gasteiger charge is -2.40. The second-order valence-corrected chi connectivity index (χ2v) is 6.77. The van der Waals surface area contributed by atoms with Crippen molar-refractivity contribution in [3.8, 4) is 5.75 Å². The van der Waals surface area contributed by atoms with Gasteiger partial charge in [-0.1, -0.05) is 18.2 Å². The summed E-state index contributed by atoms with van der Waals surface area (Å²) in [6, 6.07) is 8.18. The maximum Gasteiger partial charge on any atom is 0.236 e. The first kappa shape index (κ1) is 17.5. The van der Waals surface area contributed by atoms with Crippen LogP contribution in [0.15, 0.2) is 36.7 Å². The van der Waals surface area contributed by atoms with E-state index in [1.807, 2.05) is 56.0 Å². The molecule has 1 aliphatic rings. The van der Waals surface area contributed by atoms with Crippen LogP contribution < -0.4 is 4.74 Å². The summed E-state index contributed by atoms with van der Waals surface area (Å²) in [4.78, 5) is 16.6. The Labute approximate surface area is 149 Å². The van der Waals surface area contributed by atoms with Gasteiger partial charge in [-0.15, -0.1) is 0 Å². The molecule has 1 fully saturated rings. The Morgan fingerprint density at radius 2 is 2.12 bits per heavy atom. The summed E-state index contributed by atoms with van der Waals surface area (Å²) < 4.78 is 7.41. The van der Waals surface area contributed by atoms with Gasteiger partial charge >= 0.3 is 0 Å². The molecule has 6 nitrogen and oxygen atoms in total. The van der Waals surface area contributed by atoms with E-state index < -0.39 is 0 Å². The number of benzene rings is 1. The first-order chi connectivity index (χ1) is 12.0. The molecular formula is C19H26N4O2. The zero-order chi connectivity index (χ0) is 18.0. The van der Waals surface area contributed by atoms with Crippen LogP contribution in [0.4, 0.5) is 0 Å². The number of aromatic nitrogens is 2. The average molecular weight is 342 g/mol. The highest BCUT2D eigenvalue weighted by Crippen LogP contribution is 2.28. The van der Waals surface area contributed by atoms with Gasteiger partial charge in [-0.2, -0.15) is 5.10 Å². The van der Waals surface area contributed by atoms with Gasteiger partial charge in [-0.05, 0) is 25.5 Å². The molecule has 6 heteroatoms. The van der Waals surface area contributed by atoms with Crippen molar-refractivity contribution in [2.75, 3.05) is 33.8 Å². The summed E-state index contributed by atoms with van der Waals surface area (Å²) in [7, 11) is 3.51. The fourth-order valence-electron chi connectivity index (χ4n) is 3.21. The quantitative estimate of drug-likeness (QED) is 0.808. The minimum absolute atomic E-state index is 0.0329. The molecule has 0 aliphatic carbocycles. The van der Waals surface area contributed by atoms with Crippen molar-refractivity contribution in [3.05, 3.63) is 47.8 Å². The minimum atomic E-state index is -0.0329. The molecule has 1 amide bonds. The van der Waals surface area contributed by atoms with E-state index in [1.165, 1.54) is 5.56 Å². The molecule has 25 heavy (non-hydrogen) atoms. The molecule has 0 unspecified atom stereocenters. The van der Waals surface area contributed by atoms with Crippen LogP contribution in [0, 0.1) is 6.92 Å². The van der Waals surface area contributed by atoms with Crippen LogP contribution in [-0.2, 0) is 4.79 Å². The maximum atomic E-state index is 12.6. The monoisotopic (exact) mass is 342 g/mol. The lowest BCUT2D eigenvalue weighted by Crippen LogP contribution is -2.51. The summed E-state index contributed by atoms with van der Waals surface area (Å²) in [5, 5.41) is 4.35. The second kappa shape index (κ2) is 7.27. The minimum Gasteiger partial charge on any atom is -0.496 e. The molecule has 1 aromatic heterocycles. The molecule has 0 bridgehead atoms. The number of carbonyl (C=O) groups excluding carboxylic acids is 1. The van der Waals surface area contributed by atoms with Gasteiger partial charge < -0.3 is 9.64 Å². The molecule has 0 radical (unpaired) electrons. The Hall–Kier alpha value is -2.34. The SMILES string of the molecule is COc1ccccc1[C@H](C)N(C)C(=O)CN1CC(n2cc(C)cn2)C1. The molecular weight excluding hydrogens is 316 g/mol. The molecule has 1 atom stereocenters. The average Bonchev–Trinajstić information content (AvgIpc) is 3.01. The number of likely N-dealkylation sites (tertiary alicyclic amines) is 1. The van der Waals surface area contributed by atoms with Gasteiger partial charge in [0.15, 0.2) is 0 Å². The van der Waals surface area contributed by atoms with Crippen molar-refractivity contribution in [1.29, 1.82) is 0 Å². The standard InChI is InChI=1S/C19H26N4O2/c1-14-9-20-23(10-14)16-11-22(12-16)13-19(24)21(3)15(2)17-7-5-6-8-18(17)25-4/h5-10,15-16H,11-13H2,1-4H3/t15-/m0/s1. The maximum absolute atomic E-state index is 12.6. The topological polar surface area (TPSA) is 50.6 Å². The van der Waals surface area contributed by atoms with Crippen LogP contribution >= 0.6 is 0 Å². The first-order valence-electron chi connectivity index (χ1n) is 8.61. The molecule has 2 aromatic rings. The van der Waals surface area contributed by atoms with Crippen LogP contribution in [0.1, 0.15) is 30.1 Å². The number of para-hydroxylation sites is 1. The summed E-state index contributed by atoms with van der Waals surface area (Å²) in [5.74, 6) is 0.932. The number of nitrogens with zero attached hydrogens (tertiary/aromatic N) is 4. The van der Waals surface area contributed by atoms with E-state index in [4.69, 9.17) is 4.74 Å². The second-order valence-electron chi connectivity index (χ2n) is 6.77. The number of hydrogen-bond acceptors (Lipinski definition) is 4. The Balaban J connectivity index is 1.55.